The highest BCUT2D eigenvalue weighted by Gasteiger charge is 2.03. The smallest absolute Gasteiger partial charge is 0.181 e. The maximum absolute atomic E-state index is 4.31. The van der Waals surface area contributed by atoms with Crippen molar-refractivity contribution in [2.45, 2.75) is 19.8 Å². The standard InChI is InChI=1S/C9H11N4/c1-3-4-8-10-5-7-9(12-8)11-6-13(7)2/h6H,3-4H2,1-2H3. The number of hydrogen-bond donors (Lipinski definition) is 0. The molecule has 0 aliphatic carbocycles. The van der Waals surface area contributed by atoms with E-state index in [1.807, 2.05) is 11.6 Å². The molecule has 0 saturated carbocycles. The molecule has 0 fully saturated rings. The van der Waals surface area contributed by atoms with E-state index in [0.717, 1.165) is 29.8 Å². The number of aromatic nitrogens is 4. The molecule has 0 atom stereocenters. The zero-order valence-electron chi connectivity index (χ0n) is 7.78. The van der Waals surface area contributed by atoms with Crippen LogP contribution in [0.5, 0.6) is 0 Å². The molecular weight excluding hydrogens is 164 g/mol. The van der Waals surface area contributed by atoms with Crippen LogP contribution in [0.25, 0.3) is 11.2 Å². The van der Waals surface area contributed by atoms with Crippen LogP contribution in [0.1, 0.15) is 19.2 Å². The highest BCUT2D eigenvalue weighted by atomic mass is 15.1. The minimum absolute atomic E-state index is 0.737. The molecule has 0 spiro atoms. The first-order valence-electron chi connectivity index (χ1n) is 4.37. The average molecular weight is 175 g/mol. The molecule has 2 aromatic rings. The van der Waals surface area contributed by atoms with E-state index in [4.69, 9.17) is 0 Å². The lowest BCUT2D eigenvalue weighted by Gasteiger charge is -1.95. The minimum atomic E-state index is 0.737. The predicted molar refractivity (Wildman–Crippen MR) is 49.1 cm³/mol. The van der Waals surface area contributed by atoms with Crippen molar-refractivity contribution in [2.24, 2.45) is 7.05 Å². The van der Waals surface area contributed by atoms with Crippen molar-refractivity contribution in [3.05, 3.63) is 18.3 Å². The van der Waals surface area contributed by atoms with Gasteiger partial charge in [0.2, 0.25) is 0 Å². The largest absolute Gasteiger partial charge is 0.331 e. The second-order valence-corrected chi connectivity index (χ2v) is 3.03. The van der Waals surface area contributed by atoms with Crippen LogP contribution in [0, 0.1) is 6.20 Å². The SMILES string of the molecule is CCCc1n[c]c2c(ncn2C)n1. The molecule has 2 rings (SSSR count). The fourth-order valence-corrected chi connectivity index (χ4v) is 1.23. The molecule has 13 heavy (non-hydrogen) atoms. The van der Waals surface area contributed by atoms with E-state index in [-0.39, 0.29) is 0 Å². The number of fused-ring (bicyclic) bond motifs is 1. The third-order valence-electron chi connectivity index (χ3n) is 1.92. The fourth-order valence-electron chi connectivity index (χ4n) is 1.23. The van der Waals surface area contributed by atoms with Crippen LogP contribution in [0.2, 0.25) is 0 Å². The highest BCUT2D eigenvalue weighted by molar-refractivity contribution is 5.68. The Morgan fingerprint density at radius 3 is 3.15 bits per heavy atom. The summed E-state index contributed by atoms with van der Waals surface area (Å²) in [5.41, 5.74) is 1.60. The molecule has 0 aliphatic heterocycles. The van der Waals surface area contributed by atoms with Gasteiger partial charge in [-0.1, -0.05) is 6.92 Å². The van der Waals surface area contributed by atoms with Crippen molar-refractivity contribution in [3.8, 4) is 0 Å². The Hall–Kier alpha value is -1.45. The lowest BCUT2D eigenvalue weighted by Crippen LogP contribution is -1.95. The molecular formula is C9H11N4. The zero-order chi connectivity index (χ0) is 9.26. The number of rotatable bonds is 2. The zero-order valence-corrected chi connectivity index (χ0v) is 7.78. The average Bonchev–Trinajstić information content (AvgIpc) is 2.48. The summed E-state index contributed by atoms with van der Waals surface area (Å²) < 4.78 is 1.87. The second-order valence-electron chi connectivity index (χ2n) is 3.03. The molecule has 0 bridgehead atoms. The van der Waals surface area contributed by atoms with Crippen molar-refractivity contribution in [1.82, 2.24) is 19.5 Å². The van der Waals surface area contributed by atoms with Gasteiger partial charge in [-0.3, -0.25) is 0 Å². The first kappa shape index (κ1) is 8.16. The van der Waals surface area contributed by atoms with Crippen LogP contribution in [0.4, 0.5) is 0 Å². The summed E-state index contributed by atoms with van der Waals surface area (Å²) in [7, 11) is 1.91. The Morgan fingerprint density at radius 2 is 2.38 bits per heavy atom. The quantitative estimate of drug-likeness (QED) is 0.686. The first-order chi connectivity index (χ1) is 6.31. The Morgan fingerprint density at radius 1 is 1.54 bits per heavy atom. The van der Waals surface area contributed by atoms with Crippen molar-refractivity contribution >= 4 is 11.2 Å². The molecule has 0 aromatic carbocycles. The lowest BCUT2D eigenvalue weighted by atomic mass is 10.3. The van der Waals surface area contributed by atoms with E-state index in [1.54, 1.807) is 6.33 Å². The molecule has 0 N–H and O–H groups in total. The Kier molecular flexibility index (Phi) is 1.96. The normalized spacial score (nSPS) is 10.9. The number of hydrogen-bond acceptors (Lipinski definition) is 3. The van der Waals surface area contributed by atoms with Crippen molar-refractivity contribution in [3.63, 3.8) is 0 Å². The van der Waals surface area contributed by atoms with Gasteiger partial charge in [0.05, 0.1) is 6.33 Å². The predicted octanol–water partition coefficient (Wildman–Crippen LogP) is 1.12. The third-order valence-corrected chi connectivity index (χ3v) is 1.92. The highest BCUT2D eigenvalue weighted by Crippen LogP contribution is 2.07. The maximum Gasteiger partial charge on any atom is 0.181 e. The minimum Gasteiger partial charge on any atom is -0.331 e. The van der Waals surface area contributed by atoms with E-state index < -0.39 is 0 Å². The van der Waals surface area contributed by atoms with Gasteiger partial charge in [-0.05, 0) is 6.42 Å². The van der Waals surface area contributed by atoms with Crippen LogP contribution in [0.3, 0.4) is 0 Å². The van der Waals surface area contributed by atoms with Gasteiger partial charge in [-0.2, -0.15) is 0 Å². The summed E-state index contributed by atoms with van der Waals surface area (Å²) in [6, 6.07) is 0. The van der Waals surface area contributed by atoms with Gasteiger partial charge >= 0.3 is 0 Å². The van der Waals surface area contributed by atoms with Crippen molar-refractivity contribution in [1.29, 1.82) is 0 Å². The molecule has 0 unspecified atom stereocenters. The molecule has 2 heterocycles. The van der Waals surface area contributed by atoms with Gasteiger partial charge in [0.25, 0.3) is 0 Å². The summed E-state index contributed by atoms with van der Waals surface area (Å²) in [5, 5.41) is 0. The summed E-state index contributed by atoms with van der Waals surface area (Å²) in [4.78, 5) is 12.6. The molecule has 2 aromatic heterocycles. The van der Waals surface area contributed by atoms with E-state index >= 15 is 0 Å². The van der Waals surface area contributed by atoms with Gasteiger partial charge < -0.3 is 4.57 Å². The summed E-state index contributed by atoms with van der Waals surface area (Å²) in [5.74, 6) is 0.828. The monoisotopic (exact) mass is 175 g/mol. The van der Waals surface area contributed by atoms with Gasteiger partial charge in [0.1, 0.15) is 17.5 Å². The topological polar surface area (TPSA) is 43.6 Å². The van der Waals surface area contributed by atoms with Gasteiger partial charge in [-0.15, -0.1) is 0 Å². The van der Waals surface area contributed by atoms with Crippen LogP contribution in [-0.2, 0) is 13.5 Å². The van der Waals surface area contributed by atoms with Gasteiger partial charge in [0, 0.05) is 13.5 Å². The Labute approximate surface area is 76.7 Å². The number of nitrogens with zero attached hydrogens (tertiary/aromatic N) is 4. The van der Waals surface area contributed by atoms with Crippen molar-refractivity contribution < 1.29 is 0 Å². The first-order valence-corrected chi connectivity index (χ1v) is 4.37. The molecule has 4 heteroatoms. The number of imidazole rings is 1. The van der Waals surface area contributed by atoms with Crippen LogP contribution < -0.4 is 0 Å². The Balaban J connectivity index is 2.50. The van der Waals surface area contributed by atoms with Crippen molar-refractivity contribution in [2.75, 3.05) is 0 Å². The van der Waals surface area contributed by atoms with Crippen LogP contribution >= 0.6 is 0 Å². The van der Waals surface area contributed by atoms with E-state index in [2.05, 4.69) is 28.1 Å². The van der Waals surface area contributed by atoms with Crippen LogP contribution in [-0.4, -0.2) is 19.5 Å². The summed E-state index contributed by atoms with van der Waals surface area (Å²) in [6.45, 7) is 2.10. The number of aryl methyl sites for hydroxylation is 2. The second kappa shape index (κ2) is 3.12. The summed E-state index contributed by atoms with van der Waals surface area (Å²) >= 11 is 0. The lowest BCUT2D eigenvalue weighted by molar-refractivity contribution is 0.839. The molecule has 1 radical (unpaired) electrons. The van der Waals surface area contributed by atoms with E-state index in [1.165, 1.54) is 0 Å². The summed E-state index contributed by atoms with van der Waals surface area (Å²) in [6.07, 6.45) is 6.61. The van der Waals surface area contributed by atoms with Gasteiger partial charge in [0.15, 0.2) is 5.65 Å². The maximum atomic E-state index is 4.31. The van der Waals surface area contributed by atoms with Crippen LogP contribution in [0.15, 0.2) is 6.33 Å². The third kappa shape index (κ3) is 1.39. The fraction of sp³-hybridized carbons (Fsp3) is 0.444. The van der Waals surface area contributed by atoms with Gasteiger partial charge in [-0.25, -0.2) is 15.0 Å². The van der Waals surface area contributed by atoms with E-state index in [9.17, 15) is 0 Å². The Bertz CT molecular complexity index is 418. The molecule has 0 aliphatic rings. The molecule has 0 amide bonds. The molecule has 0 saturated heterocycles. The van der Waals surface area contributed by atoms with E-state index in [0.29, 0.717) is 0 Å². The molecule has 67 valence electrons. The molecule has 4 nitrogen and oxygen atoms in total.